The smallest absolute Gasteiger partial charge is 0.397 e. The van der Waals surface area contributed by atoms with Crippen LogP contribution < -0.4 is 11.1 Å². The number of nitrogens with one attached hydrogen (secondary N) is 1. The molecule has 3 N–H and O–H groups in total. The van der Waals surface area contributed by atoms with Crippen molar-refractivity contribution in [2.24, 2.45) is 0 Å². The van der Waals surface area contributed by atoms with Crippen LogP contribution in [0.25, 0.3) is 0 Å². The lowest BCUT2D eigenvalue weighted by Crippen LogP contribution is -2.28. The molecular weight excluding hydrogens is 257 g/mol. The molecule has 1 amide bonds. The van der Waals surface area contributed by atoms with Gasteiger partial charge in [-0.2, -0.15) is 13.2 Å². The molecular formula is C9H11F3N2O2S. The minimum Gasteiger partial charge on any atom is -0.397 e. The fourth-order valence-corrected chi connectivity index (χ4v) is 1.74. The van der Waals surface area contributed by atoms with Crippen molar-refractivity contribution in [1.29, 1.82) is 0 Å². The van der Waals surface area contributed by atoms with Crippen molar-refractivity contribution in [3.05, 3.63) is 16.3 Å². The molecule has 1 rings (SSSR count). The maximum atomic E-state index is 11.7. The Kier molecular flexibility index (Phi) is 4.76. The van der Waals surface area contributed by atoms with Gasteiger partial charge in [0.1, 0.15) is 11.5 Å². The fraction of sp³-hybridized carbons (Fsp3) is 0.444. The van der Waals surface area contributed by atoms with E-state index in [1.54, 1.807) is 11.4 Å². The average Bonchev–Trinajstić information content (AvgIpc) is 2.62. The highest BCUT2D eigenvalue weighted by Gasteiger charge is 2.27. The van der Waals surface area contributed by atoms with E-state index in [9.17, 15) is 18.0 Å². The largest absolute Gasteiger partial charge is 0.411 e. The van der Waals surface area contributed by atoms with Crippen LogP contribution >= 0.6 is 11.3 Å². The Labute approximate surface area is 99.6 Å². The third-order valence-electron chi connectivity index (χ3n) is 1.70. The van der Waals surface area contributed by atoms with Gasteiger partial charge in [0.2, 0.25) is 0 Å². The summed E-state index contributed by atoms with van der Waals surface area (Å²) >= 11 is 1.17. The van der Waals surface area contributed by atoms with Crippen molar-refractivity contribution in [3.63, 3.8) is 0 Å². The number of amides is 1. The van der Waals surface area contributed by atoms with E-state index in [1.165, 1.54) is 11.3 Å². The molecule has 8 heteroatoms. The van der Waals surface area contributed by atoms with Gasteiger partial charge < -0.3 is 15.8 Å². The first-order valence-electron chi connectivity index (χ1n) is 4.66. The van der Waals surface area contributed by atoms with Crippen LogP contribution in [0.3, 0.4) is 0 Å². The summed E-state index contributed by atoms with van der Waals surface area (Å²) in [5, 5.41) is 4.07. The summed E-state index contributed by atoms with van der Waals surface area (Å²) < 4.78 is 39.4. The highest BCUT2D eigenvalue weighted by Crippen LogP contribution is 2.18. The zero-order chi connectivity index (χ0) is 12.9. The molecule has 0 aliphatic heterocycles. The first-order valence-corrected chi connectivity index (χ1v) is 5.54. The van der Waals surface area contributed by atoms with E-state index in [4.69, 9.17) is 5.73 Å². The summed E-state index contributed by atoms with van der Waals surface area (Å²) in [5.41, 5.74) is 5.85. The molecule has 0 spiro atoms. The number of thiophene rings is 1. The molecule has 1 heterocycles. The summed E-state index contributed by atoms with van der Waals surface area (Å²) in [6.07, 6.45) is -4.35. The maximum absolute atomic E-state index is 11.7. The number of anilines is 1. The lowest BCUT2D eigenvalue weighted by atomic mass is 10.4. The monoisotopic (exact) mass is 268 g/mol. The van der Waals surface area contributed by atoms with Crippen LogP contribution in [-0.4, -0.2) is 31.8 Å². The van der Waals surface area contributed by atoms with E-state index in [1.807, 2.05) is 0 Å². The van der Waals surface area contributed by atoms with Crippen molar-refractivity contribution < 1.29 is 22.7 Å². The van der Waals surface area contributed by atoms with Gasteiger partial charge in [0, 0.05) is 6.54 Å². The van der Waals surface area contributed by atoms with Crippen LogP contribution in [0.5, 0.6) is 0 Å². The maximum Gasteiger partial charge on any atom is 0.411 e. The van der Waals surface area contributed by atoms with Crippen LogP contribution in [0.4, 0.5) is 18.9 Å². The lowest BCUT2D eigenvalue weighted by Gasteiger charge is -2.08. The Morgan fingerprint density at radius 2 is 2.24 bits per heavy atom. The number of carbonyl (C=O) groups is 1. The minimum absolute atomic E-state index is 0.00620. The van der Waals surface area contributed by atoms with Gasteiger partial charge in [0.05, 0.1) is 12.3 Å². The number of alkyl halides is 3. The van der Waals surface area contributed by atoms with E-state index in [0.717, 1.165) is 0 Å². The van der Waals surface area contributed by atoms with Crippen LogP contribution in [0.2, 0.25) is 0 Å². The summed E-state index contributed by atoms with van der Waals surface area (Å²) in [6.45, 7) is -1.51. The van der Waals surface area contributed by atoms with Crippen molar-refractivity contribution >= 4 is 22.9 Å². The number of hydrogen-bond donors (Lipinski definition) is 2. The molecule has 0 atom stereocenters. The second-order valence-electron chi connectivity index (χ2n) is 3.13. The average molecular weight is 268 g/mol. The molecule has 0 aromatic carbocycles. The van der Waals surface area contributed by atoms with Gasteiger partial charge in [-0.1, -0.05) is 0 Å². The highest BCUT2D eigenvalue weighted by molar-refractivity contribution is 7.12. The quantitative estimate of drug-likeness (QED) is 0.798. The molecule has 0 fully saturated rings. The predicted molar refractivity (Wildman–Crippen MR) is 57.9 cm³/mol. The van der Waals surface area contributed by atoms with Crippen molar-refractivity contribution in [2.45, 2.75) is 6.18 Å². The number of carbonyl (C=O) groups excluding carboxylic acids is 1. The van der Waals surface area contributed by atoms with E-state index in [0.29, 0.717) is 10.6 Å². The van der Waals surface area contributed by atoms with Gasteiger partial charge in [-0.25, -0.2) is 0 Å². The van der Waals surface area contributed by atoms with Crippen LogP contribution in [0, 0.1) is 0 Å². The standard InChI is InChI=1S/C9H11F3N2O2S/c10-9(11,12)5-16-3-2-14-8(15)7-6(13)1-4-17-7/h1,4H,2-3,5,13H2,(H,14,15). The Morgan fingerprint density at radius 1 is 1.53 bits per heavy atom. The first kappa shape index (κ1) is 13.8. The third kappa shape index (κ3) is 5.05. The molecule has 0 radical (unpaired) electrons. The Bertz CT molecular complexity index is 379. The van der Waals surface area contributed by atoms with Gasteiger partial charge in [-0.15, -0.1) is 11.3 Å². The molecule has 0 bridgehead atoms. The molecule has 0 aliphatic rings. The fourth-order valence-electron chi connectivity index (χ4n) is 1.01. The number of hydrogen-bond acceptors (Lipinski definition) is 4. The molecule has 0 unspecified atom stereocenters. The van der Waals surface area contributed by atoms with Crippen molar-refractivity contribution in [3.8, 4) is 0 Å². The number of nitrogens with two attached hydrogens (primary N) is 1. The van der Waals surface area contributed by atoms with E-state index in [-0.39, 0.29) is 13.2 Å². The molecule has 1 aromatic rings. The Balaban J connectivity index is 2.20. The van der Waals surface area contributed by atoms with Crippen LogP contribution in [0.15, 0.2) is 11.4 Å². The molecule has 96 valence electrons. The molecule has 1 aromatic heterocycles. The normalized spacial score (nSPS) is 11.5. The molecule has 4 nitrogen and oxygen atoms in total. The summed E-state index contributed by atoms with van der Waals surface area (Å²) in [4.78, 5) is 11.8. The molecule has 0 saturated heterocycles. The summed E-state index contributed by atoms with van der Waals surface area (Å²) in [6, 6.07) is 1.58. The van der Waals surface area contributed by atoms with Gasteiger partial charge in [0.15, 0.2) is 0 Å². The van der Waals surface area contributed by atoms with Crippen LogP contribution in [0.1, 0.15) is 9.67 Å². The SMILES string of the molecule is Nc1ccsc1C(=O)NCCOCC(F)(F)F. The number of rotatable bonds is 5. The van der Waals surface area contributed by atoms with Gasteiger partial charge >= 0.3 is 6.18 Å². The van der Waals surface area contributed by atoms with E-state index >= 15 is 0 Å². The van der Waals surface area contributed by atoms with Gasteiger partial charge in [-0.05, 0) is 11.4 Å². The van der Waals surface area contributed by atoms with Crippen molar-refractivity contribution in [1.82, 2.24) is 5.32 Å². The lowest BCUT2D eigenvalue weighted by molar-refractivity contribution is -0.173. The zero-order valence-corrected chi connectivity index (χ0v) is 9.53. The second-order valence-corrected chi connectivity index (χ2v) is 4.04. The topological polar surface area (TPSA) is 64.4 Å². The van der Waals surface area contributed by atoms with Crippen LogP contribution in [-0.2, 0) is 4.74 Å². The third-order valence-corrected chi connectivity index (χ3v) is 2.63. The number of halogens is 3. The van der Waals surface area contributed by atoms with Gasteiger partial charge in [-0.3, -0.25) is 4.79 Å². The Morgan fingerprint density at radius 3 is 2.76 bits per heavy atom. The second kappa shape index (κ2) is 5.87. The minimum atomic E-state index is -4.35. The Hall–Kier alpha value is -1.28. The highest BCUT2D eigenvalue weighted by atomic mass is 32.1. The van der Waals surface area contributed by atoms with Gasteiger partial charge in [0.25, 0.3) is 5.91 Å². The molecule has 17 heavy (non-hydrogen) atoms. The predicted octanol–water partition coefficient (Wildman–Crippen LogP) is 1.64. The summed E-state index contributed by atoms with van der Waals surface area (Å²) in [7, 11) is 0. The van der Waals surface area contributed by atoms with E-state index < -0.39 is 18.7 Å². The summed E-state index contributed by atoms with van der Waals surface area (Å²) in [5.74, 6) is -0.409. The molecule has 0 saturated carbocycles. The van der Waals surface area contributed by atoms with E-state index in [2.05, 4.69) is 10.1 Å². The number of nitrogen functional groups attached to an aromatic ring is 1. The zero-order valence-electron chi connectivity index (χ0n) is 8.71. The van der Waals surface area contributed by atoms with Crippen molar-refractivity contribution in [2.75, 3.05) is 25.5 Å². The number of ether oxygens (including phenoxy) is 1. The first-order chi connectivity index (χ1) is 7.90. The molecule has 0 aliphatic carbocycles.